The van der Waals surface area contributed by atoms with Crippen LogP contribution in [0.2, 0.25) is 0 Å². The molecule has 2 nitrogen and oxygen atoms in total. The summed E-state index contributed by atoms with van der Waals surface area (Å²) >= 11 is 0. The van der Waals surface area contributed by atoms with Gasteiger partial charge in [-0.1, -0.05) is 46.5 Å². The maximum absolute atomic E-state index is 9.48. The molecule has 0 bridgehead atoms. The van der Waals surface area contributed by atoms with Crippen LogP contribution in [0.15, 0.2) is 0 Å². The van der Waals surface area contributed by atoms with E-state index in [1.54, 1.807) is 0 Å². The largest absolute Gasteiger partial charge is 0.314 e. The normalized spacial score (nSPS) is 19.8. The van der Waals surface area contributed by atoms with Crippen LogP contribution in [0.3, 0.4) is 0 Å². The summed E-state index contributed by atoms with van der Waals surface area (Å²) in [5.41, 5.74) is 0.521. The number of piperidine rings is 1. The van der Waals surface area contributed by atoms with Crippen LogP contribution in [0, 0.1) is 11.3 Å². The Morgan fingerprint density at radius 1 is 1.06 bits per heavy atom. The lowest BCUT2D eigenvalue weighted by atomic mass is 9.67. The Kier molecular flexibility index (Phi) is 6.50. The first-order chi connectivity index (χ1) is 8.12. The first-order valence-electron chi connectivity index (χ1n) is 7.56. The number of hydrogen-bond donors (Lipinski definition) is 1. The zero-order valence-corrected chi connectivity index (χ0v) is 12.0. The van der Waals surface area contributed by atoms with Gasteiger partial charge in [-0.3, -0.25) is 0 Å². The Bertz CT molecular complexity index is 189. The Hall–Kier alpha value is -0.0800. The summed E-state index contributed by atoms with van der Waals surface area (Å²) in [6, 6.07) is 0. The number of rotatable bonds is 7. The van der Waals surface area contributed by atoms with Gasteiger partial charge in [-0.25, -0.2) is 0 Å². The van der Waals surface area contributed by atoms with E-state index < -0.39 is 0 Å². The molecule has 0 atom stereocenters. The summed E-state index contributed by atoms with van der Waals surface area (Å²) in [4.78, 5) is 0. The first kappa shape index (κ1) is 15.0. The van der Waals surface area contributed by atoms with Gasteiger partial charge in [0, 0.05) is 13.1 Å². The summed E-state index contributed by atoms with van der Waals surface area (Å²) in [6.45, 7) is 8.82. The fourth-order valence-electron chi connectivity index (χ4n) is 3.26. The van der Waals surface area contributed by atoms with Crippen molar-refractivity contribution in [3.63, 3.8) is 0 Å². The van der Waals surface area contributed by atoms with Crippen LogP contribution in [0.25, 0.3) is 0 Å². The molecule has 0 aliphatic carbocycles. The van der Waals surface area contributed by atoms with E-state index in [1.807, 2.05) is 0 Å². The van der Waals surface area contributed by atoms with E-state index >= 15 is 0 Å². The monoisotopic (exact) mass is 241 g/mol. The average molecular weight is 241 g/mol. The molecule has 0 spiro atoms. The van der Waals surface area contributed by atoms with Crippen molar-refractivity contribution >= 4 is 0 Å². The van der Waals surface area contributed by atoms with Crippen molar-refractivity contribution in [3.05, 3.63) is 0 Å². The van der Waals surface area contributed by atoms with E-state index in [9.17, 15) is 5.21 Å². The number of hydrogen-bond acceptors (Lipinski definition) is 2. The van der Waals surface area contributed by atoms with Crippen LogP contribution in [0.1, 0.15) is 72.1 Å². The topological polar surface area (TPSA) is 23.5 Å². The standard InChI is InChI=1S/C15H31NO/c1-4-6-10-15(3,11-7-5-2)14-8-12-16(17)13-9-14/h14,17H,4-13H2,1-3H3. The van der Waals surface area contributed by atoms with Crippen molar-refractivity contribution in [1.29, 1.82) is 0 Å². The van der Waals surface area contributed by atoms with Gasteiger partial charge in [0.05, 0.1) is 0 Å². The third kappa shape index (κ3) is 4.59. The highest BCUT2D eigenvalue weighted by Gasteiger charge is 2.34. The molecule has 0 radical (unpaired) electrons. The molecule has 1 rings (SSSR count). The highest BCUT2D eigenvalue weighted by atomic mass is 16.5. The maximum Gasteiger partial charge on any atom is 0.0241 e. The molecule has 17 heavy (non-hydrogen) atoms. The molecule has 0 aromatic carbocycles. The molecule has 0 amide bonds. The summed E-state index contributed by atoms with van der Waals surface area (Å²) in [5, 5.41) is 11.0. The predicted octanol–water partition coefficient (Wildman–Crippen LogP) is 4.47. The van der Waals surface area contributed by atoms with E-state index in [0.29, 0.717) is 5.41 Å². The van der Waals surface area contributed by atoms with E-state index in [2.05, 4.69) is 20.8 Å². The van der Waals surface area contributed by atoms with Gasteiger partial charge in [0.2, 0.25) is 0 Å². The molecule has 1 heterocycles. The zero-order chi connectivity index (χ0) is 12.7. The lowest BCUT2D eigenvalue weighted by molar-refractivity contribution is -0.123. The number of unbranched alkanes of at least 4 members (excludes halogenated alkanes) is 2. The lowest BCUT2D eigenvalue weighted by Crippen LogP contribution is -2.38. The Labute approximate surface area is 107 Å². The minimum Gasteiger partial charge on any atom is -0.314 e. The summed E-state index contributed by atoms with van der Waals surface area (Å²) in [5.74, 6) is 0.823. The number of hydroxylamine groups is 2. The fraction of sp³-hybridized carbons (Fsp3) is 1.00. The highest BCUT2D eigenvalue weighted by molar-refractivity contribution is 4.85. The highest BCUT2D eigenvalue weighted by Crippen LogP contribution is 2.43. The van der Waals surface area contributed by atoms with Gasteiger partial charge in [-0.05, 0) is 37.0 Å². The zero-order valence-electron chi connectivity index (χ0n) is 12.0. The molecular weight excluding hydrogens is 210 g/mol. The quantitative estimate of drug-likeness (QED) is 0.710. The minimum atomic E-state index is 0.521. The first-order valence-corrected chi connectivity index (χ1v) is 7.56. The molecular formula is C15H31NO. The SMILES string of the molecule is CCCCC(C)(CCCC)C1CCN(O)CC1. The molecule has 1 aliphatic heterocycles. The second-order valence-corrected chi connectivity index (χ2v) is 6.09. The van der Waals surface area contributed by atoms with E-state index in [0.717, 1.165) is 19.0 Å². The maximum atomic E-state index is 9.48. The van der Waals surface area contributed by atoms with Crippen molar-refractivity contribution in [2.75, 3.05) is 13.1 Å². The van der Waals surface area contributed by atoms with Gasteiger partial charge in [0.1, 0.15) is 0 Å². The summed E-state index contributed by atoms with van der Waals surface area (Å²) in [6.07, 6.45) is 10.4. The molecule has 1 N–H and O–H groups in total. The van der Waals surface area contributed by atoms with Gasteiger partial charge >= 0.3 is 0 Å². The van der Waals surface area contributed by atoms with Crippen LogP contribution in [-0.2, 0) is 0 Å². The third-order valence-corrected chi connectivity index (χ3v) is 4.66. The molecule has 1 saturated heterocycles. The summed E-state index contributed by atoms with van der Waals surface area (Å²) in [7, 11) is 0. The molecule has 102 valence electrons. The lowest BCUT2D eigenvalue weighted by Gasteiger charge is -2.42. The Morgan fingerprint density at radius 2 is 1.53 bits per heavy atom. The van der Waals surface area contributed by atoms with Gasteiger partial charge < -0.3 is 5.21 Å². The molecule has 1 fully saturated rings. The van der Waals surface area contributed by atoms with Crippen LogP contribution in [0.5, 0.6) is 0 Å². The molecule has 1 aliphatic rings. The van der Waals surface area contributed by atoms with Gasteiger partial charge in [-0.15, -0.1) is 0 Å². The smallest absolute Gasteiger partial charge is 0.0241 e. The van der Waals surface area contributed by atoms with E-state index in [-0.39, 0.29) is 0 Å². The van der Waals surface area contributed by atoms with E-state index in [1.165, 1.54) is 56.4 Å². The van der Waals surface area contributed by atoms with Crippen LogP contribution in [0.4, 0.5) is 0 Å². The molecule has 0 aromatic heterocycles. The van der Waals surface area contributed by atoms with Crippen LogP contribution < -0.4 is 0 Å². The van der Waals surface area contributed by atoms with Crippen LogP contribution in [-0.4, -0.2) is 23.4 Å². The molecule has 0 unspecified atom stereocenters. The van der Waals surface area contributed by atoms with Crippen molar-refractivity contribution in [3.8, 4) is 0 Å². The van der Waals surface area contributed by atoms with Gasteiger partial charge in [0.25, 0.3) is 0 Å². The fourth-order valence-corrected chi connectivity index (χ4v) is 3.26. The van der Waals surface area contributed by atoms with Crippen molar-refractivity contribution in [2.24, 2.45) is 11.3 Å². The van der Waals surface area contributed by atoms with Crippen molar-refractivity contribution < 1.29 is 5.21 Å². The average Bonchev–Trinajstić information content (AvgIpc) is 2.34. The van der Waals surface area contributed by atoms with Crippen LogP contribution >= 0.6 is 0 Å². The van der Waals surface area contributed by atoms with Gasteiger partial charge in [0.15, 0.2) is 0 Å². The van der Waals surface area contributed by atoms with Crippen molar-refractivity contribution in [1.82, 2.24) is 5.06 Å². The van der Waals surface area contributed by atoms with Gasteiger partial charge in [-0.2, -0.15) is 5.06 Å². The second-order valence-electron chi connectivity index (χ2n) is 6.09. The second kappa shape index (κ2) is 7.38. The third-order valence-electron chi connectivity index (χ3n) is 4.66. The van der Waals surface area contributed by atoms with E-state index in [4.69, 9.17) is 0 Å². The molecule has 0 aromatic rings. The predicted molar refractivity (Wildman–Crippen MR) is 73.2 cm³/mol. The molecule has 2 heteroatoms. The summed E-state index contributed by atoms with van der Waals surface area (Å²) < 4.78 is 0. The minimum absolute atomic E-state index is 0.521. The Balaban J connectivity index is 2.54. The van der Waals surface area contributed by atoms with Crippen molar-refractivity contribution in [2.45, 2.75) is 72.1 Å². The molecule has 0 saturated carbocycles. The Morgan fingerprint density at radius 3 is 1.94 bits per heavy atom. The number of nitrogens with zero attached hydrogens (tertiary/aromatic N) is 1.